The number of aromatic nitrogens is 1. The van der Waals surface area contributed by atoms with E-state index in [4.69, 9.17) is 0 Å². The van der Waals surface area contributed by atoms with Crippen molar-refractivity contribution in [1.82, 2.24) is 15.2 Å². The molecule has 1 aliphatic rings. The van der Waals surface area contributed by atoms with E-state index >= 15 is 0 Å². The molecule has 1 aliphatic heterocycles. The van der Waals surface area contributed by atoms with Gasteiger partial charge >= 0.3 is 6.03 Å². The zero-order chi connectivity index (χ0) is 16.1. The summed E-state index contributed by atoms with van der Waals surface area (Å²) in [5.41, 5.74) is 1.88. The summed E-state index contributed by atoms with van der Waals surface area (Å²) in [6.45, 7) is 3.14. The summed E-state index contributed by atoms with van der Waals surface area (Å²) in [6, 6.07) is 10.2. The standard InChI is InChI=1S/C17H19FN4O/c18-15-2-1-3-16(12-15)21-8-10-22(11-9-21)17(23)20-13-14-4-6-19-7-5-14/h1-7,12H,8-11,13H2,(H,20,23). The van der Waals surface area contributed by atoms with Crippen LogP contribution in [0.4, 0.5) is 14.9 Å². The third kappa shape index (κ3) is 3.97. The lowest BCUT2D eigenvalue weighted by atomic mass is 10.2. The van der Waals surface area contributed by atoms with Gasteiger partial charge in [0, 0.05) is 50.8 Å². The number of piperazine rings is 1. The highest BCUT2D eigenvalue weighted by atomic mass is 19.1. The Kier molecular flexibility index (Phi) is 4.71. The fraction of sp³-hybridized carbons (Fsp3) is 0.294. The number of anilines is 1. The molecule has 1 N–H and O–H groups in total. The zero-order valence-electron chi connectivity index (χ0n) is 12.8. The number of halogens is 1. The molecule has 0 saturated carbocycles. The second kappa shape index (κ2) is 7.09. The summed E-state index contributed by atoms with van der Waals surface area (Å²) in [7, 11) is 0. The molecule has 2 aromatic rings. The molecule has 2 heterocycles. The molecule has 0 bridgehead atoms. The van der Waals surface area contributed by atoms with Gasteiger partial charge in [-0.1, -0.05) is 6.07 Å². The van der Waals surface area contributed by atoms with Gasteiger partial charge in [0.15, 0.2) is 0 Å². The third-order valence-corrected chi connectivity index (χ3v) is 3.93. The molecule has 23 heavy (non-hydrogen) atoms. The number of carbonyl (C=O) groups is 1. The van der Waals surface area contributed by atoms with Crippen molar-refractivity contribution in [1.29, 1.82) is 0 Å². The van der Waals surface area contributed by atoms with Gasteiger partial charge in [0.25, 0.3) is 0 Å². The van der Waals surface area contributed by atoms with E-state index in [9.17, 15) is 9.18 Å². The van der Waals surface area contributed by atoms with Gasteiger partial charge in [-0.15, -0.1) is 0 Å². The summed E-state index contributed by atoms with van der Waals surface area (Å²) in [4.78, 5) is 20.0. The Labute approximate surface area is 134 Å². The summed E-state index contributed by atoms with van der Waals surface area (Å²) in [6.07, 6.45) is 3.42. The minimum atomic E-state index is -0.236. The van der Waals surface area contributed by atoms with Crippen LogP contribution < -0.4 is 10.2 Å². The number of nitrogens with one attached hydrogen (secondary N) is 1. The van der Waals surface area contributed by atoms with Crippen LogP contribution in [0.1, 0.15) is 5.56 Å². The van der Waals surface area contributed by atoms with Crippen LogP contribution in [-0.2, 0) is 6.54 Å². The SMILES string of the molecule is O=C(NCc1ccncc1)N1CCN(c2cccc(F)c2)CC1. The van der Waals surface area contributed by atoms with Crippen molar-refractivity contribution in [2.24, 2.45) is 0 Å². The number of urea groups is 1. The van der Waals surface area contributed by atoms with Crippen molar-refractivity contribution in [2.75, 3.05) is 31.1 Å². The average Bonchev–Trinajstić information content (AvgIpc) is 2.61. The lowest BCUT2D eigenvalue weighted by Gasteiger charge is -2.36. The molecule has 120 valence electrons. The molecule has 1 aromatic heterocycles. The number of carbonyl (C=O) groups excluding carboxylic acids is 1. The molecule has 0 atom stereocenters. The van der Waals surface area contributed by atoms with Crippen LogP contribution in [0.15, 0.2) is 48.8 Å². The Hall–Kier alpha value is -2.63. The van der Waals surface area contributed by atoms with Crippen LogP contribution in [0, 0.1) is 5.82 Å². The minimum Gasteiger partial charge on any atom is -0.368 e. The summed E-state index contributed by atoms with van der Waals surface area (Å²) in [5.74, 6) is -0.236. The Morgan fingerprint density at radius 1 is 1.13 bits per heavy atom. The van der Waals surface area contributed by atoms with E-state index in [-0.39, 0.29) is 11.8 Å². The fourth-order valence-electron chi connectivity index (χ4n) is 2.63. The Morgan fingerprint density at radius 2 is 1.87 bits per heavy atom. The summed E-state index contributed by atoms with van der Waals surface area (Å²) < 4.78 is 13.3. The lowest BCUT2D eigenvalue weighted by molar-refractivity contribution is 0.194. The smallest absolute Gasteiger partial charge is 0.317 e. The Balaban J connectivity index is 1.49. The fourth-order valence-corrected chi connectivity index (χ4v) is 2.63. The molecule has 1 aromatic carbocycles. The molecule has 0 unspecified atom stereocenters. The number of rotatable bonds is 3. The van der Waals surface area contributed by atoms with Crippen LogP contribution in [-0.4, -0.2) is 42.1 Å². The molecule has 2 amide bonds. The highest BCUT2D eigenvalue weighted by Crippen LogP contribution is 2.17. The topological polar surface area (TPSA) is 48.5 Å². The first-order valence-electron chi connectivity index (χ1n) is 7.64. The lowest BCUT2D eigenvalue weighted by Crippen LogP contribution is -2.51. The predicted molar refractivity (Wildman–Crippen MR) is 86.7 cm³/mol. The largest absolute Gasteiger partial charge is 0.368 e. The normalized spacial score (nSPS) is 14.7. The number of pyridine rings is 1. The van der Waals surface area contributed by atoms with Crippen LogP contribution in [0.25, 0.3) is 0 Å². The molecular formula is C17H19FN4O. The van der Waals surface area contributed by atoms with Gasteiger partial charge in [0.05, 0.1) is 0 Å². The molecule has 0 aliphatic carbocycles. The minimum absolute atomic E-state index is 0.0688. The van der Waals surface area contributed by atoms with Gasteiger partial charge in [0.1, 0.15) is 5.82 Å². The molecular weight excluding hydrogens is 295 g/mol. The monoisotopic (exact) mass is 314 g/mol. The molecule has 1 saturated heterocycles. The van der Waals surface area contributed by atoms with E-state index in [0.717, 1.165) is 11.3 Å². The van der Waals surface area contributed by atoms with Crippen LogP contribution in [0.3, 0.4) is 0 Å². The number of hydrogen-bond acceptors (Lipinski definition) is 3. The quantitative estimate of drug-likeness (QED) is 0.945. The van der Waals surface area contributed by atoms with E-state index in [0.29, 0.717) is 32.7 Å². The van der Waals surface area contributed by atoms with Crippen molar-refractivity contribution in [2.45, 2.75) is 6.54 Å². The predicted octanol–water partition coefficient (Wildman–Crippen LogP) is 2.25. The first-order chi connectivity index (χ1) is 11.2. The molecule has 6 heteroatoms. The first kappa shape index (κ1) is 15.3. The van der Waals surface area contributed by atoms with Crippen molar-refractivity contribution >= 4 is 11.7 Å². The number of benzene rings is 1. The maximum Gasteiger partial charge on any atom is 0.317 e. The Bertz CT molecular complexity index is 657. The van der Waals surface area contributed by atoms with Gasteiger partial charge in [0.2, 0.25) is 0 Å². The van der Waals surface area contributed by atoms with Crippen molar-refractivity contribution in [3.63, 3.8) is 0 Å². The van der Waals surface area contributed by atoms with Gasteiger partial charge in [-0.25, -0.2) is 9.18 Å². The molecule has 3 rings (SSSR count). The number of hydrogen-bond donors (Lipinski definition) is 1. The zero-order valence-corrected chi connectivity index (χ0v) is 12.8. The second-order valence-corrected chi connectivity index (χ2v) is 5.47. The number of amides is 2. The van der Waals surface area contributed by atoms with E-state index < -0.39 is 0 Å². The highest BCUT2D eigenvalue weighted by Gasteiger charge is 2.21. The van der Waals surface area contributed by atoms with Crippen molar-refractivity contribution in [3.8, 4) is 0 Å². The highest BCUT2D eigenvalue weighted by molar-refractivity contribution is 5.74. The van der Waals surface area contributed by atoms with E-state index in [1.807, 2.05) is 18.2 Å². The summed E-state index contributed by atoms with van der Waals surface area (Å²) >= 11 is 0. The van der Waals surface area contributed by atoms with E-state index in [1.165, 1.54) is 12.1 Å². The molecule has 0 spiro atoms. The van der Waals surface area contributed by atoms with E-state index in [1.54, 1.807) is 23.4 Å². The maximum atomic E-state index is 13.3. The summed E-state index contributed by atoms with van der Waals surface area (Å²) in [5, 5.41) is 2.91. The molecule has 1 fully saturated rings. The second-order valence-electron chi connectivity index (χ2n) is 5.47. The van der Waals surface area contributed by atoms with Crippen LogP contribution in [0.5, 0.6) is 0 Å². The third-order valence-electron chi connectivity index (χ3n) is 3.93. The number of nitrogens with zero attached hydrogens (tertiary/aromatic N) is 3. The van der Waals surface area contributed by atoms with Gasteiger partial charge in [-0.2, -0.15) is 0 Å². The van der Waals surface area contributed by atoms with Gasteiger partial charge in [-0.05, 0) is 35.9 Å². The van der Waals surface area contributed by atoms with Crippen molar-refractivity contribution < 1.29 is 9.18 Å². The maximum absolute atomic E-state index is 13.3. The van der Waals surface area contributed by atoms with Crippen LogP contribution in [0.2, 0.25) is 0 Å². The van der Waals surface area contributed by atoms with Gasteiger partial charge in [-0.3, -0.25) is 4.98 Å². The Morgan fingerprint density at radius 3 is 2.57 bits per heavy atom. The molecule has 5 nitrogen and oxygen atoms in total. The van der Waals surface area contributed by atoms with Crippen LogP contribution >= 0.6 is 0 Å². The van der Waals surface area contributed by atoms with Crippen molar-refractivity contribution in [3.05, 3.63) is 60.2 Å². The average molecular weight is 314 g/mol. The first-order valence-corrected chi connectivity index (χ1v) is 7.64. The van der Waals surface area contributed by atoms with E-state index in [2.05, 4.69) is 15.2 Å². The molecule has 0 radical (unpaired) electrons. The van der Waals surface area contributed by atoms with Gasteiger partial charge < -0.3 is 15.1 Å².